The van der Waals surface area contributed by atoms with E-state index in [1.165, 1.54) is 0 Å². The highest BCUT2D eigenvalue weighted by Crippen LogP contribution is 1.87. The Morgan fingerprint density at radius 2 is 1.75 bits per heavy atom. The molecule has 0 unspecified atom stereocenters. The van der Waals surface area contributed by atoms with E-state index in [0.717, 1.165) is 6.08 Å². The Balaban J connectivity index is 0. The van der Waals surface area contributed by atoms with Crippen LogP contribution < -0.4 is 0 Å². The summed E-state index contributed by atoms with van der Waals surface area (Å²) in [5.74, 6) is -0.361. The second kappa shape index (κ2) is 8.27. The van der Waals surface area contributed by atoms with Crippen LogP contribution in [0.3, 0.4) is 0 Å². The molecule has 0 aliphatic carbocycles. The molecule has 3 heteroatoms. The number of hydrogen-bond donors (Lipinski definition) is 0. The molecule has 0 N–H and O–H groups in total. The third kappa shape index (κ3) is 22.9. The van der Waals surface area contributed by atoms with Crippen LogP contribution in [0.4, 0.5) is 0 Å². The lowest BCUT2D eigenvalue weighted by atomic mass is 10.5. The van der Waals surface area contributed by atoms with E-state index >= 15 is 0 Å². The van der Waals surface area contributed by atoms with Crippen molar-refractivity contribution < 1.29 is 9.53 Å². The molecule has 3 nitrogen and oxygen atoms in total. The van der Waals surface area contributed by atoms with Gasteiger partial charge < -0.3 is 9.64 Å². The summed E-state index contributed by atoms with van der Waals surface area (Å²) >= 11 is 0. The van der Waals surface area contributed by atoms with Gasteiger partial charge in [0.25, 0.3) is 0 Å². The van der Waals surface area contributed by atoms with Gasteiger partial charge in [-0.3, -0.25) is 0 Å². The molecule has 0 amide bonds. The Morgan fingerprint density at radius 1 is 1.42 bits per heavy atom. The fourth-order valence-electron chi connectivity index (χ4n) is 0.280. The number of carbonyl (C=O) groups is 1. The first-order chi connectivity index (χ1) is 5.40. The van der Waals surface area contributed by atoms with Crippen LogP contribution in [0.1, 0.15) is 13.8 Å². The zero-order valence-electron chi connectivity index (χ0n) is 8.63. The maximum absolute atomic E-state index is 10.3. The van der Waals surface area contributed by atoms with Crippen molar-refractivity contribution >= 4 is 5.97 Å². The summed E-state index contributed by atoms with van der Waals surface area (Å²) in [6.07, 6.45) is 1.11. The van der Waals surface area contributed by atoms with E-state index in [9.17, 15) is 4.79 Å². The van der Waals surface area contributed by atoms with Crippen molar-refractivity contribution in [3.63, 3.8) is 0 Å². The zero-order chi connectivity index (χ0) is 10.1. The molecule has 0 aromatic rings. The Kier molecular flexibility index (Phi) is 9.47. The molecule has 0 aliphatic rings. The van der Waals surface area contributed by atoms with Gasteiger partial charge in [-0.25, -0.2) is 4.79 Å². The molecule has 12 heavy (non-hydrogen) atoms. The van der Waals surface area contributed by atoms with Gasteiger partial charge in [0, 0.05) is 6.08 Å². The molecule has 0 aromatic carbocycles. The van der Waals surface area contributed by atoms with E-state index in [4.69, 9.17) is 0 Å². The maximum Gasteiger partial charge on any atom is 0.330 e. The minimum Gasteiger partial charge on any atom is -0.460 e. The summed E-state index contributed by atoms with van der Waals surface area (Å²) in [5.41, 5.74) is 0. The van der Waals surface area contributed by atoms with Crippen LogP contribution in [-0.2, 0) is 9.53 Å². The molecule has 0 aromatic heterocycles. The minimum atomic E-state index is -0.361. The smallest absolute Gasteiger partial charge is 0.330 e. The van der Waals surface area contributed by atoms with Gasteiger partial charge in [0.2, 0.25) is 0 Å². The summed E-state index contributed by atoms with van der Waals surface area (Å²) in [5, 5.41) is 0. The summed E-state index contributed by atoms with van der Waals surface area (Å²) < 4.78 is 4.64. The van der Waals surface area contributed by atoms with Crippen LogP contribution in [0.5, 0.6) is 0 Å². The molecule has 0 aliphatic heterocycles. The quantitative estimate of drug-likeness (QED) is 0.465. The lowest BCUT2D eigenvalue weighted by molar-refractivity contribution is -0.141. The molecule has 0 rings (SSSR count). The van der Waals surface area contributed by atoms with Crippen molar-refractivity contribution in [2.45, 2.75) is 20.0 Å². The third-order valence-corrected chi connectivity index (χ3v) is 0.519. The minimum absolute atomic E-state index is 0.0412. The Hall–Kier alpha value is -0.830. The number of nitrogens with zero attached hydrogens (tertiary/aromatic N) is 1. The SMILES string of the molecule is C=CC(=O)OC(C)C.CN(C)C. The number of hydrogen-bond acceptors (Lipinski definition) is 3. The van der Waals surface area contributed by atoms with Crippen LogP contribution >= 0.6 is 0 Å². The van der Waals surface area contributed by atoms with E-state index in [0.29, 0.717) is 0 Å². The highest BCUT2D eigenvalue weighted by atomic mass is 16.5. The number of ether oxygens (including phenoxy) is 1. The Morgan fingerprint density at radius 3 is 1.83 bits per heavy atom. The normalized spacial score (nSPS) is 8.92. The third-order valence-electron chi connectivity index (χ3n) is 0.519. The molecule has 0 radical (unpaired) electrons. The van der Waals surface area contributed by atoms with Gasteiger partial charge in [0.05, 0.1) is 6.10 Å². The van der Waals surface area contributed by atoms with Gasteiger partial charge in [-0.1, -0.05) is 6.58 Å². The monoisotopic (exact) mass is 173 g/mol. The van der Waals surface area contributed by atoms with Gasteiger partial charge in [-0.2, -0.15) is 0 Å². The van der Waals surface area contributed by atoms with Gasteiger partial charge in [0.15, 0.2) is 0 Å². The van der Waals surface area contributed by atoms with E-state index in [2.05, 4.69) is 11.3 Å². The first kappa shape index (κ1) is 13.7. The first-order valence-electron chi connectivity index (χ1n) is 3.84. The average Bonchev–Trinajstić information content (AvgIpc) is 1.84. The molecule has 0 spiro atoms. The van der Waals surface area contributed by atoms with Gasteiger partial charge in [-0.15, -0.1) is 0 Å². The summed E-state index contributed by atoms with van der Waals surface area (Å²) in [4.78, 5) is 12.3. The van der Waals surface area contributed by atoms with E-state index in [1.807, 2.05) is 26.0 Å². The van der Waals surface area contributed by atoms with Crippen LogP contribution in [0.15, 0.2) is 12.7 Å². The molecule has 72 valence electrons. The lowest BCUT2D eigenvalue weighted by Gasteiger charge is -2.02. The standard InChI is InChI=1S/C6H10O2.C3H9N/c1-4-6(7)8-5(2)3;1-4(2)3/h4-5H,1H2,2-3H3;1-3H3. The molecule has 0 fully saturated rings. The molecule has 0 atom stereocenters. The number of esters is 1. The highest BCUT2D eigenvalue weighted by Gasteiger charge is 1.96. The molecule has 0 heterocycles. The van der Waals surface area contributed by atoms with Gasteiger partial charge >= 0.3 is 5.97 Å². The van der Waals surface area contributed by atoms with Crippen molar-refractivity contribution in [2.24, 2.45) is 0 Å². The summed E-state index contributed by atoms with van der Waals surface area (Å²) in [6, 6.07) is 0. The molecule has 0 bridgehead atoms. The molecule has 0 saturated heterocycles. The fraction of sp³-hybridized carbons (Fsp3) is 0.667. The van der Waals surface area contributed by atoms with Crippen molar-refractivity contribution in [2.75, 3.05) is 21.1 Å². The highest BCUT2D eigenvalue weighted by molar-refractivity contribution is 5.81. The van der Waals surface area contributed by atoms with Gasteiger partial charge in [0.1, 0.15) is 0 Å². The predicted octanol–water partition coefficient (Wildman–Crippen LogP) is 1.30. The van der Waals surface area contributed by atoms with Crippen LogP contribution in [0, 0.1) is 0 Å². The zero-order valence-corrected chi connectivity index (χ0v) is 8.63. The van der Waals surface area contributed by atoms with E-state index in [1.54, 1.807) is 13.8 Å². The Bertz CT molecular complexity index is 128. The van der Waals surface area contributed by atoms with Crippen LogP contribution in [0.2, 0.25) is 0 Å². The van der Waals surface area contributed by atoms with E-state index < -0.39 is 0 Å². The number of carbonyl (C=O) groups excluding carboxylic acids is 1. The maximum atomic E-state index is 10.3. The second-order valence-corrected chi connectivity index (χ2v) is 3.03. The Labute approximate surface area is 75.0 Å². The van der Waals surface area contributed by atoms with Gasteiger partial charge in [-0.05, 0) is 35.0 Å². The van der Waals surface area contributed by atoms with Crippen LogP contribution in [0.25, 0.3) is 0 Å². The molecular weight excluding hydrogens is 154 g/mol. The van der Waals surface area contributed by atoms with Crippen molar-refractivity contribution in [3.8, 4) is 0 Å². The lowest BCUT2D eigenvalue weighted by Crippen LogP contribution is -2.07. The van der Waals surface area contributed by atoms with Crippen molar-refractivity contribution in [3.05, 3.63) is 12.7 Å². The van der Waals surface area contributed by atoms with Crippen molar-refractivity contribution in [1.82, 2.24) is 4.90 Å². The first-order valence-corrected chi connectivity index (χ1v) is 3.84. The van der Waals surface area contributed by atoms with E-state index in [-0.39, 0.29) is 12.1 Å². The van der Waals surface area contributed by atoms with Crippen molar-refractivity contribution in [1.29, 1.82) is 0 Å². The predicted molar refractivity (Wildman–Crippen MR) is 51.0 cm³/mol. The molecule has 0 saturated carbocycles. The fourth-order valence-corrected chi connectivity index (χ4v) is 0.280. The number of rotatable bonds is 2. The second-order valence-electron chi connectivity index (χ2n) is 3.03. The topological polar surface area (TPSA) is 29.5 Å². The average molecular weight is 173 g/mol. The molecular formula is C9H19NO2. The summed E-state index contributed by atoms with van der Waals surface area (Å²) in [7, 11) is 6.00. The largest absolute Gasteiger partial charge is 0.460 e. The summed E-state index contributed by atoms with van der Waals surface area (Å²) in [6.45, 7) is 6.83. The van der Waals surface area contributed by atoms with Crippen LogP contribution in [-0.4, -0.2) is 38.1 Å².